The summed E-state index contributed by atoms with van der Waals surface area (Å²) in [6.45, 7) is 0. The fraction of sp³-hybridized carbons (Fsp3) is 0.0244. The zero-order valence-corrected chi connectivity index (χ0v) is 24.6. The molecule has 6 nitrogen and oxygen atoms in total. The summed E-state index contributed by atoms with van der Waals surface area (Å²) in [5, 5.41) is 58.8. The fourth-order valence-electron chi connectivity index (χ4n) is 6.61. The minimum absolute atomic E-state index is 0.0169. The van der Waals surface area contributed by atoms with E-state index in [9.17, 15) is 31.6 Å². The van der Waals surface area contributed by atoms with Gasteiger partial charge < -0.3 is 0 Å². The average Bonchev–Trinajstić information content (AvgIpc) is 3.60. The number of nitriles is 6. The summed E-state index contributed by atoms with van der Waals surface area (Å²) in [6.07, 6.45) is 0.284. The lowest BCUT2D eigenvalue weighted by atomic mass is 9.93. The van der Waals surface area contributed by atoms with Crippen LogP contribution in [0.1, 0.15) is 33.4 Å². The van der Waals surface area contributed by atoms with Gasteiger partial charge in [-0.15, -0.1) is 0 Å². The zero-order valence-electron chi connectivity index (χ0n) is 24.6. The second kappa shape index (κ2) is 11.2. The lowest BCUT2D eigenvalue weighted by molar-refractivity contribution is 1.26. The van der Waals surface area contributed by atoms with Crippen LogP contribution in [0.25, 0.3) is 55.7 Å². The van der Waals surface area contributed by atoms with E-state index in [0.29, 0.717) is 16.7 Å². The van der Waals surface area contributed by atoms with Crippen molar-refractivity contribution >= 4 is 11.1 Å². The molecular weight excluding hydrogens is 576 g/mol. The SMILES string of the molecule is N#CCc1cccc(-c2ccc3c(c2)C(=C(C#N)C#N)c2cc4c(cc2-3)C(=C(C#N)C#N)c2cc(-c3cccc(C#N)c3)ccc2-4)c1. The van der Waals surface area contributed by atoms with Crippen LogP contribution in [0.2, 0.25) is 0 Å². The molecule has 2 aliphatic carbocycles. The van der Waals surface area contributed by atoms with Gasteiger partial charge in [0.15, 0.2) is 0 Å². The van der Waals surface area contributed by atoms with E-state index in [-0.39, 0.29) is 17.6 Å². The first-order valence-electron chi connectivity index (χ1n) is 14.6. The van der Waals surface area contributed by atoms with Gasteiger partial charge in [0.05, 0.1) is 24.1 Å². The van der Waals surface area contributed by atoms with Crippen LogP contribution in [0, 0.1) is 68.0 Å². The summed E-state index contributed by atoms with van der Waals surface area (Å²) in [6, 6.07) is 43.3. The molecule has 0 aliphatic heterocycles. The Bertz CT molecular complexity index is 2530. The maximum absolute atomic E-state index is 10.1. The van der Waals surface area contributed by atoms with Crippen LogP contribution in [-0.4, -0.2) is 0 Å². The molecule has 0 saturated carbocycles. The summed E-state index contributed by atoms with van der Waals surface area (Å²) in [7, 11) is 0. The number of hydrogen-bond acceptors (Lipinski definition) is 6. The van der Waals surface area contributed by atoms with Gasteiger partial charge in [0.25, 0.3) is 0 Å². The Kier molecular flexibility index (Phi) is 6.76. The Balaban J connectivity index is 1.46. The number of nitrogens with zero attached hydrogens (tertiary/aromatic N) is 6. The molecule has 47 heavy (non-hydrogen) atoms. The van der Waals surface area contributed by atoms with Crippen molar-refractivity contribution in [3.63, 3.8) is 0 Å². The van der Waals surface area contributed by atoms with E-state index in [1.165, 1.54) is 0 Å². The fourth-order valence-corrected chi connectivity index (χ4v) is 6.61. The van der Waals surface area contributed by atoms with Gasteiger partial charge in [-0.25, -0.2) is 0 Å². The van der Waals surface area contributed by atoms with Gasteiger partial charge >= 0.3 is 0 Å². The predicted octanol–water partition coefficient (Wildman–Crippen LogP) is 8.62. The Hall–Kier alpha value is -7.48. The van der Waals surface area contributed by atoms with Crippen LogP contribution < -0.4 is 0 Å². The minimum Gasteiger partial charge on any atom is -0.198 e. The smallest absolute Gasteiger partial charge is 0.138 e. The first kappa shape index (κ1) is 28.3. The summed E-state index contributed by atoms with van der Waals surface area (Å²) in [4.78, 5) is 0. The Labute approximate surface area is 271 Å². The number of hydrogen-bond donors (Lipinski definition) is 0. The van der Waals surface area contributed by atoms with Crippen molar-refractivity contribution < 1.29 is 0 Å². The van der Waals surface area contributed by atoms with Crippen molar-refractivity contribution in [2.45, 2.75) is 6.42 Å². The molecule has 0 atom stereocenters. The second-order valence-corrected chi connectivity index (χ2v) is 11.1. The molecule has 0 radical (unpaired) electrons. The molecule has 2 aliphatic rings. The molecule has 0 unspecified atom stereocenters. The number of benzene rings is 5. The Morgan fingerprint density at radius 3 is 1.38 bits per heavy atom. The largest absolute Gasteiger partial charge is 0.198 e. The van der Waals surface area contributed by atoms with E-state index >= 15 is 0 Å². The molecule has 5 aromatic rings. The molecule has 7 rings (SSSR count). The number of allylic oxidation sites excluding steroid dienone is 2. The highest BCUT2D eigenvalue weighted by molar-refractivity contribution is 6.11. The molecule has 0 fully saturated rings. The quantitative estimate of drug-likeness (QED) is 0.187. The average molecular weight is 595 g/mol. The maximum Gasteiger partial charge on any atom is 0.138 e. The number of rotatable bonds is 3. The summed E-state index contributed by atoms with van der Waals surface area (Å²) < 4.78 is 0. The predicted molar refractivity (Wildman–Crippen MR) is 177 cm³/mol. The standard InChI is InChI=1S/C41H18N6/c42-12-11-24-3-1-5-26(13-24)28-7-9-32-34-17-39-35(18-38(34)40(36(32)15-28)30(20-44)21-45)33-10-8-29(27-6-2-4-25(14-27)19-43)16-37(33)41(39)31(22-46)23-47/h1-10,13-18H,11H2. The van der Waals surface area contributed by atoms with Crippen LogP contribution in [0.5, 0.6) is 0 Å². The minimum atomic E-state index is -0.0239. The highest BCUT2D eigenvalue weighted by atomic mass is 14.4. The lowest BCUT2D eigenvalue weighted by Crippen LogP contribution is -1.91. The van der Waals surface area contributed by atoms with Crippen LogP contribution in [0.15, 0.2) is 108 Å². The molecular formula is C41H18N6. The van der Waals surface area contributed by atoms with Gasteiger partial charge in [-0.2, -0.15) is 31.6 Å². The van der Waals surface area contributed by atoms with Crippen LogP contribution in [0.4, 0.5) is 0 Å². The molecule has 0 aromatic heterocycles. The topological polar surface area (TPSA) is 143 Å². The van der Waals surface area contributed by atoms with Gasteiger partial charge in [-0.3, -0.25) is 0 Å². The molecule has 0 spiro atoms. The van der Waals surface area contributed by atoms with Crippen LogP contribution in [-0.2, 0) is 6.42 Å². The number of fused-ring (bicyclic) bond motifs is 6. The van der Waals surface area contributed by atoms with Crippen molar-refractivity contribution in [2.24, 2.45) is 0 Å². The zero-order chi connectivity index (χ0) is 32.7. The summed E-state index contributed by atoms with van der Waals surface area (Å²) in [5.41, 5.74) is 12.0. The molecule has 0 N–H and O–H groups in total. The van der Waals surface area contributed by atoms with E-state index in [4.69, 9.17) is 0 Å². The van der Waals surface area contributed by atoms with E-state index in [1.807, 2.05) is 84.9 Å². The van der Waals surface area contributed by atoms with Crippen molar-refractivity contribution in [1.29, 1.82) is 31.6 Å². The summed E-state index contributed by atoms with van der Waals surface area (Å²) >= 11 is 0. The highest BCUT2D eigenvalue weighted by Crippen LogP contribution is 2.54. The van der Waals surface area contributed by atoms with Gasteiger partial charge in [0, 0.05) is 11.1 Å². The van der Waals surface area contributed by atoms with Crippen molar-refractivity contribution in [3.05, 3.63) is 142 Å². The normalized spacial score (nSPS) is 11.3. The van der Waals surface area contributed by atoms with E-state index in [1.54, 1.807) is 12.1 Å². The Morgan fingerprint density at radius 1 is 0.426 bits per heavy atom. The van der Waals surface area contributed by atoms with E-state index in [0.717, 1.165) is 72.3 Å². The first-order valence-corrected chi connectivity index (χ1v) is 14.6. The third-order valence-electron chi connectivity index (χ3n) is 8.67. The van der Waals surface area contributed by atoms with Gasteiger partial charge in [-0.1, -0.05) is 60.7 Å². The van der Waals surface area contributed by atoms with E-state index in [2.05, 4.69) is 36.4 Å². The highest BCUT2D eigenvalue weighted by Gasteiger charge is 2.34. The summed E-state index contributed by atoms with van der Waals surface area (Å²) in [5.74, 6) is 0. The molecule has 0 bridgehead atoms. The second-order valence-electron chi connectivity index (χ2n) is 11.1. The van der Waals surface area contributed by atoms with Crippen molar-refractivity contribution in [1.82, 2.24) is 0 Å². The molecule has 0 heterocycles. The third kappa shape index (κ3) is 4.44. The van der Waals surface area contributed by atoms with Gasteiger partial charge in [0.2, 0.25) is 0 Å². The molecule has 0 amide bonds. The van der Waals surface area contributed by atoms with Crippen molar-refractivity contribution in [3.8, 4) is 80.9 Å². The Morgan fingerprint density at radius 2 is 0.894 bits per heavy atom. The molecule has 6 heteroatoms. The lowest BCUT2D eigenvalue weighted by Gasteiger charge is -2.09. The molecule has 5 aromatic carbocycles. The molecule has 0 saturated heterocycles. The van der Waals surface area contributed by atoms with Crippen molar-refractivity contribution in [2.75, 3.05) is 0 Å². The maximum atomic E-state index is 10.1. The van der Waals surface area contributed by atoms with Crippen LogP contribution in [0.3, 0.4) is 0 Å². The van der Waals surface area contributed by atoms with Gasteiger partial charge in [0.1, 0.15) is 35.4 Å². The monoisotopic (exact) mass is 594 g/mol. The van der Waals surface area contributed by atoms with E-state index < -0.39 is 0 Å². The first-order chi connectivity index (χ1) is 23.0. The third-order valence-corrected chi connectivity index (χ3v) is 8.67. The van der Waals surface area contributed by atoms with Gasteiger partial charge in [-0.05, 0) is 109 Å². The molecule has 212 valence electrons. The van der Waals surface area contributed by atoms with Crippen LogP contribution >= 0.6 is 0 Å².